The molecular weight excluding hydrogens is 551 g/mol. The van der Waals surface area contributed by atoms with Gasteiger partial charge in [0.1, 0.15) is 17.7 Å². The van der Waals surface area contributed by atoms with Crippen LogP contribution in [0.4, 0.5) is 26.7 Å². The lowest BCUT2D eigenvalue weighted by Crippen LogP contribution is -2.54. The van der Waals surface area contributed by atoms with Crippen molar-refractivity contribution in [3.63, 3.8) is 0 Å². The summed E-state index contributed by atoms with van der Waals surface area (Å²) in [4.78, 5) is 25.3. The number of carbonyl (C=O) groups excluding carboxylic acids is 1. The maximum absolute atomic E-state index is 14.0. The molecule has 0 saturated carbocycles. The molecule has 1 amide bonds. The molecule has 0 radical (unpaired) electrons. The number of ether oxygens (including phenoxy) is 2. The van der Waals surface area contributed by atoms with Crippen molar-refractivity contribution in [2.24, 2.45) is 5.92 Å². The van der Waals surface area contributed by atoms with E-state index in [1.54, 1.807) is 30.3 Å². The van der Waals surface area contributed by atoms with Crippen LogP contribution in [0.15, 0.2) is 61.2 Å². The Bertz CT molecular complexity index is 1110. The van der Waals surface area contributed by atoms with Crippen LogP contribution >= 0.6 is 0 Å². The van der Waals surface area contributed by atoms with Crippen LogP contribution in [0.25, 0.3) is 0 Å². The van der Waals surface area contributed by atoms with Gasteiger partial charge in [-0.1, -0.05) is 50.3 Å². The molecule has 7 nitrogen and oxygen atoms in total. The van der Waals surface area contributed by atoms with E-state index >= 15 is 0 Å². The maximum Gasteiger partial charge on any atom is 0.490 e. The molecule has 2 aromatic carbocycles. The Morgan fingerprint density at radius 2 is 1.71 bits per heavy atom. The van der Waals surface area contributed by atoms with Gasteiger partial charge in [-0.15, -0.1) is 6.58 Å². The number of nitrogens with one attached hydrogen (secondary N) is 1. The highest BCUT2D eigenvalue weighted by Crippen LogP contribution is 2.24. The maximum atomic E-state index is 14.0. The fourth-order valence-electron chi connectivity index (χ4n) is 4.34. The zero-order valence-electron chi connectivity index (χ0n) is 22.9. The van der Waals surface area contributed by atoms with Gasteiger partial charge in [-0.2, -0.15) is 13.2 Å². The summed E-state index contributed by atoms with van der Waals surface area (Å²) in [6.07, 6.45) is -6.99. The first-order valence-corrected chi connectivity index (χ1v) is 13.0. The molecule has 0 aromatic heterocycles. The number of hydrogen-bond acceptors (Lipinski definition) is 5. The average molecular weight is 587 g/mol. The fraction of sp³-hybridized carbons (Fsp3) is 0.448. The summed E-state index contributed by atoms with van der Waals surface area (Å²) in [5.74, 6) is -4.28. The van der Waals surface area contributed by atoms with Crippen molar-refractivity contribution in [1.29, 1.82) is 0 Å². The quantitative estimate of drug-likeness (QED) is 0.113. The number of amides is 1. The summed E-state index contributed by atoms with van der Waals surface area (Å²) in [6.45, 7) is 7.10. The number of nitrogens with zero attached hydrogens (tertiary/aromatic N) is 1. The van der Waals surface area contributed by atoms with Crippen molar-refractivity contribution in [3.8, 4) is 0 Å². The van der Waals surface area contributed by atoms with E-state index < -0.39 is 61.0 Å². The first-order valence-electron chi connectivity index (χ1n) is 13.0. The Kier molecular flexibility index (Phi) is 13.2. The number of rotatable bonds is 16. The van der Waals surface area contributed by atoms with E-state index in [1.165, 1.54) is 6.08 Å². The number of hydrogen-bond donors (Lipinski definition) is 2. The molecular formula is C29H35F5N2O5. The first kappa shape index (κ1) is 33.7. The van der Waals surface area contributed by atoms with Crippen molar-refractivity contribution < 1.29 is 46.1 Å². The highest BCUT2D eigenvalue weighted by molar-refractivity contribution is 5.76. The van der Waals surface area contributed by atoms with Crippen molar-refractivity contribution in [2.45, 2.75) is 57.6 Å². The largest absolute Gasteiger partial charge is 0.490 e. The molecule has 3 atom stereocenters. The Labute approximate surface area is 235 Å². The predicted molar refractivity (Wildman–Crippen MR) is 142 cm³/mol. The monoisotopic (exact) mass is 586 g/mol. The molecule has 2 aromatic rings. The van der Waals surface area contributed by atoms with Crippen molar-refractivity contribution in [3.05, 3.63) is 83.9 Å². The minimum atomic E-state index is -5.37. The minimum absolute atomic E-state index is 0.0343. The van der Waals surface area contributed by atoms with Crippen molar-refractivity contribution >= 4 is 12.1 Å². The van der Waals surface area contributed by atoms with Gasteiger partial charge in [0.2, 0.25) is 0 Å². The summed E-state index contributed by atoms with van der Waals surface area (Å²) >= 11 is 0. The predicted octanol–water partition coefficient (Wildman–Crippen LogP) is 5.74. The molecule has 226 valence electrons. The topological polar surface area (TPSA) is 88.1 Å². The van der Waals surface area contributed by atoms with E-state index in [1.807, 2.05) is 13.8 Å². The van der Waals surface area contributed by atoms with Crippen LogP contribution in [-0.2, 0) is 27.2 Å². The van der Waals surface area contributed by atoms with Crippen molar-refractivity contribution in [1.82, 2.24) is 10.2 Å². The van der Waals surface area contributed by atoms with E-state index in [0.29, 0.717) is 18.1 Å². The van der Waals surface area contributed by atoms with Crippen LogP contribution in [-0.4, -0.2) is 66.2 Å². The summed E-state index contributed by atoms with van der Waals surface area (Å²) < 4.78 is 78.5. The van der Waals surface area contributed by atoms with E-state index in [2.05, 4.69) is 11.9 Å². The number of esters is 1. The van der Waals surface area contributed by atoms with Gasteiger partial charge in [-0.05, 0) is 42.0 Å². The van der Waals surface area contributed by atoms with Gasteiger partial charge < -0.3 is 19.9 Å². The van der Waals surface area contributed by atoms with Gasteiger partial charge in [0.25, 0.3) is 0 Å². The third-order valence-corrected chi connectivity index (χ3v) is 6.05. The highest BCUT2D eigenvalue weighted by atomic mass is 19.4. The molecule has 0 aliphatic rings. The molecule has 0 aliphatic heterocycles. The van der Waals surface area contributed by atoms with Crippen LogP contribution < -0.4 is 5.32 Å². The van der Waals surface area contributed by atoms with Crippen LogP contribution in [0.3, 0.4) is 0 Å². The zero-order valence-corrected chi connectivity index (χ0v) is 22.9. The Morgan fingerprint density at radius 3 is 2.24 bits per heavy atom. The molecule has 2 N–H and O–H groups in total. The second-order valence-corrected chi connectivity index (χ2v) is 9.95. The number of benzene rings is 2. The fourth-order valence-corrected chi connectivity index (χ4v) is 4.34. The van der Waals surface area contributed by atoms with Crippen LogP contribution in [0.1, 0.15) is 31.4 Å². The number of carboxylic acid groups (broad SMARTS) is 1. The molecule has 0 spiro atoms. The van der Waals surface area contributed by atoms with E-state index in [4.69, 9.17) is 9.47 Å². The Hall–Kier alpha value is -3.51. The molecule has 12 heteroatoms. The van der Waals surface area contributed by atoms with Gasteiger partial charge in [0.05, 0.1) is 19.3 Å². The molecule has 0 saturated heterocycles. The first-order chi connectivity index (χ1) is 19.3. The smallest absolute Gasteiger partial charge is 0.465 e. The second-order valence-electron chi connectivity index (χ2n) is 9.95. The molecule has 41 heavy (non-hydrogen) atoms. The van der Waals surface area contributed by atoms with Crippen molar-refractivity contribution in [2.75, 3.05) is 19.8 Å². The van der Waals surface area contributed by atoms with E-state index in [9.17, 15) is 36.6 Å². The second kappa shape index (κ2) is 16.1. The summed E-state index contributed by atoms with van der Waals surface area (Å²) in [5.41, 5.74) is 0.461. The van der Waals surface area contributed by atoms with Gasteiger partial charge in [0, 0.05) is 25.2 Å². The SMILES string of the molecule is C=CCOC[C@@H](CC(C)C)NC[C@@H](OC(=O)C(F)(F)F)[C@H](Cc1cc(F)cc(F)c1)N(Cc1ccccc1)C(=O)O. The number of halogens is 5. The Balaban J connectivity index is 2.53. The molecule has 0 bridgehead atoms. The normalized spacial score (nSPS) is 13.9. The third kappa shape index (κ3) is 11.9. The lowest BCUT2D eigenvalue weighted by Gasteiger charge is -2.36. The highest BCUT2D eigenvalue weighted by Gasteiger charge is 2.44. The lowest BCUT2D eigenvalue weighted by molar-refractivity contribution is -0.207. The number of carbonyl (C=O) groups is 2. The van der Waals surface area contributed by atoms with Gasteiger partial charge in [-0.25, -0.2) is 18.4 Å². The van der Waals surface area contributed by atoms with Crippen LogP contribution in [0, 0.1) is 17.6 Å². The molecule has 0 fully saturated rings. The average Bonchev–Trinajstić information content (AvgIpc) is 2.87. The van der Waals surface area contributed by atoms with Crippen LogP contribution in [0.5, 0.6) is 0 Å². The number of alkyl halides is 3. The summed E-state index contributed by atoms with van der Waals surface area (Å²) in [5, 5.41) is 13.2. The third-order valence-electron chi connectivity index (χ3n) is 6.05. The van der Waals surface area contributed by atoms with E-state index in [-0.39, 0.29) is 31.2 Å². The molecule has 0 aliphatic carbocycles. The summed E-state index contributed by atoms with van der Waals surface area (Å²) in [7, 11) is 0. The summed E-state index contributed by atoms with van der Waals surface area (Å²) in [6, 6.07) is 8.84. The zero-order chi connectivity index (χ0) is 30.6. The van der Waals surface area contributed by atoms with Crippen LogP contribution in [0.2, 0.25) is 0 Å². The van der Waals surface area contributed by atoms with Gasteiger partial charge in [0.15, 0.2) is 0 Å². The van der Waals surface area contributed by atoms with E-state index in [0.717, 1.165) is 17.0 Å². The molecule has 0 unspecified atom stereocenters. The van der Waals surface area contributed by atoms with Gasteiger partial charge >= 0.3 is 18.2 Å². The van der Waals surface area contributed by atoms with Gasteiger partial charge in [-0.3, -0.25) is 4.90 Å². The Morgan fingerprint density at radius 1 is 1.07 bits per heavy atom. The lowest BCUT2D eigenvalue weighted by atomic mass is 9.97. The molecule has 2 rings (SSSR count). The standard InChI is InChI=1S/C29H35F5N2O5/c1-4-10-40-18-24(11-19(2)3)35-16-26(41-27(37)29(32,33)34)25(14-21-12-22(30)15-23(31)13-21)36(28(38)39)17-20-8-6-5-7-9-20/h4-9,12-13,15,19,24-26,35H,1,10-11,14,16-18H2,2-3H3,(H,38,39)/t24-,25+,26-/m1/s1. The minimum Gasteiger partial charge on any atom is -0.465 e. The molecule has 0 heterocycles.